The van der Waals surface area contributed by atoms with Gasteiger partial charge >= 0.3 is 0 Å². The van der Waals surface area contributed by atoms with E-state index in [0.717, 1.165) is 16.9 Å². The molecule has 0 spiro atoms. The van der Waals surface area contributed by atoms with Gasteiger partial charge in [0.15, 0.2) is 0 Å². The molecule has 0 saturated carbocycles. The van der Waals surface area contributed by atoms with Gasteiger partial charge in [-0.1, -0.05) is 5.16 Å². The average molecular weight is 231 g/mol. The summed E-state index contributed by atoms with van der Waals surface area (Å²) in [7, 11) is 4.02. The van der Waals surface area contributed by atoms with E-state index < -0.39 is 0 Å². The van der Waals surface area contributed by atoms with Gasteiger partial charge in [-0.3, -0.25) is 0 Å². The number of nitrogens with two attached hydrogens (primary N) is 1. The molecule has 1 aromatic carbocycles. The molecule has 0 unspecified atom stereocenters. The van der Waals surface area contributed by atoms with Crippen molar-refractivity contribution in [3.05, 3.63) is 29.3 Å². The van der Waals surface area contributed by atoms with Crippen LogP contribution in [0.2, 0.25) is 0 Å². The van der Waals surface area contributed by atoms with Crippen LogP contribution in [0.5, 0.6) is 0 Å². The number of hydrogen-bond donors (Lipinski definition) is 1. The van der Waals surface area contributed by atoms with Crippen LogP contribution < -0.4 is 10.6 Å². The molecule has 0 bridgehead atoms. The van der Waals surface area contributed by atoms with Crippen LogP contribution in [-0.4, -0.2) is 19.3 Å². The second kappa shape index (κ2) is 4.13. The van der Waals surface area contributed by atoms with Gasteiger partial charge in [0.2, 0.25) is 5.88 Å². The zero-order valence-electron chi connectivity index (χ0n) is 10.6. The van der Waals surface area contributed by atoms with Gasteiger partial charge in [0.25, 0.3) is 0 Å². The Morgan fingerprint density at radius 2 is 1.76 bits per heavy atom. The minimum atomic E-state index is 0.336. The van der Waals surface area contributed by atoms with Gasteiger partial charge < -0.3 is 15.2 Å². The molecule has 2 N–H and O–H groups in total. The first-order chi connectivity index (χ1) is 7.99. The first-order valence-corrected chi connectivity index (χ1v) is 5.50. The number of benzene rings is 1. The molecule has 4 heteroatoms. The van der Waals surface area contributed by atoms with Gasteiger partial charge in [0, 0.05) is 31.4 Å². The SMILES string of the molecule is Cc1cc(-c2cc(N)on2)c(N(C)C)cc1C. The van der Waals surface area contributed by atoms with Gasteiger partial charge in [0.1, 0.15) is 5.69 Å². The maximum Gasteiger partial charge on any atom is 0.222 e. The molecule has 2 rings (SSSR count). The van der Waals surface area contributed by atoms with E-state index >= 15 is 0 Å². The molecule has 0 aliphatic heterocycles. The molecule has 0 amide bonds. The summed E-state index contributed by atoms with van der Waals surface area (Å²) < 4.78 is 4.93. The van der Waals surface area contributed by atoms with Crippen molar-refractivity contribution in [3.8, 4) is 11.3 Å². The molecule has 0 aliphatic rings. The van der Waals surface area contributed by atoms with Crippen LogP contribution >= 0.6 is 0 Å². The number of aryl methyl sites for hydroxylation is 2. The largest absolute Gasteiger partial charge is 0.377 e. The van der Waals surface area contributed by atoms with E-state index in [4.69, 9.17) is 10.3 Å². The zero-order chi connectivity index (χ0) is 12.6. The van der Waals surface area contributed by atoms with Crippen LogP contribution in [0.25, 0.3) is 11.3 Å². The third-order valence-corrected chi connectivity index (χ3v) is 2.90. The summed E-state index contributed by atoms with van der Waals surface area (Å²) in [6.45, 7) is 4.19. The van der Waals surface area contributed by atoms with Crippen LogP contribution in [0, 0.1) is 13.8 Å². The van der Waals surface area contributed by atoms with E-state index in [-0.39, 0.29) is 0 Å². The zero-order valence-corrected chi connectivity index (χ0v) is 10.6. The van der Waals surface area contributed by atoms with E-state index in [2.05, 4.69) is 36.0 Å². The Balaban J connectivity index is 2.63. The smallest absolute Gasteiger partial charge is 0.222 e. The van der Waals surface area contributed by atoms with Crippen molar-refractivity contribution in [2.75, 3.05) is 24.7 Å². The highest BCUT2D eigenvalue weighted by Crippen LogP contribution is 2.32. The average Bonchev–Trinajstić information content (AvgIpc) is 2.68. The number of aromatic nitrogens is 1. The van der Waals surface area contributed by atoms with Crippen LogP contribution in [0.4, 0.5) is 11.6 Å². The molecule has 0 saturated heterocycles. The fraction of sp³-hybridized carbons (Fsp3) is 0.308. The Morgan fingerprint density at radius 1 is 1.12 bits per heavy atom. The highest BCUT2D eigenvalue weighted by molar-refractivity contribution is 5.78. The number of nitrogens with zero attached hydrogens (tertiary/aromatic N) is 2. The van der Waals surface area contributed by atoms with Gasteiger partial charge in [-0.2, -0.15) is 0 Å². The summed E-state index contributed by atoms with van der Waals surface area (Å²) in [6, 6.07) is 6.01. The van der Waals surface area contributed by atoms with Crippen molar-refractivity contribution in [1.29, 1.82) is 0 Å². The Labute approximate surface area is 101 Å². The molecule has 17 heavy (non-hydrogen) atoms. The molecule has 1 heterocycles. The van der Waals surface area contributed by atoms with Crippen LogP contribution in [0.3, 0.4) is 0 Å². The molecule has 0 atom stereocenters. The van der Waals surface area contributed by atoms with Gasteiger partial charge in [0.05, 0.1) is 0 Å². The third kappa shape index (κ3) is 2.11. The molecule has 0 aliphatic carbocycles. The van der Waals surface area contributed by atoms with Crippen molar-refractivity contribution in [3.63, 3.8) is 0 Å². The molecule has 1 aromatic heterocycles. The normalized spacial score (nSPS) is 10.6. The monoisotopic (exact) mass is 231 g/mol. The lowest BCUT2D eigenvalue weighted by molar-refractivity contribution is 0.439. The predicted molar refractivity (Wildman–Crippen MR) is 70.2 cm³/mol. The molecule has 4 nitrogen and oxygen atoms in total. The fourth-order valence-corrected chi connectivity index (χ4v) is 1.79. The topological polar surface area (TPSA) is 55.3 Å². The van der Waals surface area contributed by atoms with Crippen molar-refractivity contribution in [2.45, 2.75) is 13.8 Å². The molecule has 0 radical (unpaired) electrons. The lowest BCUT2D eigenvalue weighted by atomic mass is 10.0. The van der Waals surface area contributed by atoms with Crippen molar-refractivity contribution >= 4 is 11.6 Å². The van der Waals surface area contributed by atoms with E-state index in [1.54, 1.807) is 6.07 Å². The van der Waals surface area contributed by atoms with Gasteiger partial charge in [-0.15, -0.1) is 0 Å². The van der Waals surface area contributed by atoms with Crippen LogP contribution in [0.1, 0.15) is 11.1 Å². The minimum absolute atomic E-state index is 0.336. The molecular weight excluding hydrogens is 214 g/mol. The maximum absolute atomic E-state index is 5.57. The van der Waals surface area contributed by atoms with E-state index in [9.17, 15) is 0 Å². The van der Waals surface area contributed by atoms with Gasteiger partial charge in [-0.25, -0.2) is 0 Å². The van der Waals surface area contributed by atoms with Crippen molar-refractivity contribution in [1.82, 2.24) is 5.16 Å². The van der Waals surface area contributed by atoms with Crippen LogP contribution in [0.15, 0.2) is 22.7 Å². The highest BCUT2D eigenvalue weighted by atomic mass is 16.5. The summed E-state index contributed by atoms with van der Waals surface area (Å²) >= 11 is 0. The number of rotatable bonds is 2. The number of anilines is 2. The quantitative estimate of drug-likeness (QED) is 0.863. The second-order valence-corrected chi connectivity index (χ2v) is 4.46. The summed E-state index contributed by atoms with van der Waals surface area (Å²) in [5.74, 6) is 0.336. The third-order valence-electron chi connectivity index (χ3n) is 2.90. The Kier molecular flexibility index (Phi) is 2.79. The Hall–Kier alpha value is -1.97. The molecule has 0 fully saturated rings. The first-order valence-electron chi connectivity index (χ1n) is 5.50. The maximum atomic E-state index is 5.57. The number of nitrogen functional groups attached to an aromatic ring is 1. The predicted octanol–water partition coefficient (Wildman–Crippen LogP) is 2.61. The standard InChI is InChI=1S/C13H17N3O/c1-8-5-10(11-7-13(14)17-15-11)12(16(3)4)6-9(8)2/h5-7H,14H2,1-4H3. The molecular formula is C13H17N3O. The summed E-state index contributed by atoms with van der Waals surface area (Å²) in [4.78, 5) is 2.06. The van der Waals surface area contributed by atoms with Crippen molar-refractivity contribution < 1.29 is 4.52 Å². The number of hydrogen-bond acceptors (Lipinski definition) is 4. The highest BCUT2D eigenvalue weighted by Gasteiger charge is 2.12. The van der Waals surface area contributed by atoms with E-state index in [1.165, 1.54) is 11.1 Å². The second-order valence-electron chi connectivity index (χ2n) is 4.46. The molecule has 90 valence electrons. The summed E-state index contributed by atoms with van der Waals surface area (Å²) in [5, 5.41) is 3.97. The van der Waals surface area contributed by atoms with E-state index in [0.29, 0.717) is 5.88 Å². The van der Waals surface area contributed by atoms with Gasteiger partial charge in [-0.05, 0) is 37.1 Å². The summed E-state index contributed by atoms with van der Waals surface area (Å²) in [5.41, 5.74) is 11.0. The van der Waals surface area contributed by atoms with Crippen LogP contribution in [-0.2, 0) is 0 Å². The van der Waals surface area contributed by atoms with Crippen molar-refractivity contribution in [2.24, 2.45) is 0 Å². The first kappa shape index (κ1) is 11.5. The fourth-order valence-electron chi connectivity index (χ4n) is 1.79. The Morgan fingerprint density at radius 3 is 2.29 bits per heavy atom. The lowest BCUT2D eigenvalue weighted by Crippen LogP contribution is -2.10. The van der Waals surface area contributed by atoms with E-state index in [1.807, 2.05) is 14.1 Å². The molecule has 2 aromatic rings. The Bertz CT molecular complexity index is 544. The minimum Gasteiger partial charge on any atom is -0.377 e. The lowest BCUT2D eigenvalue weighted by Gasteiger charge is -2.18. The summed E-state index contributed by atoms with van der Waals surface area (Å²) in [6.07, 6.45) is 0.